The van der Waals surface area contributed by atoms with Gasteiger partial charge in [-0.25, -0.2) is 9.59 Å². The molecular weight excluding hydrogens is 338 g/mol. The van der Waals surface area contributed by atoms with Crippen LogP contribution in [0, 0.1) is 0 Å². The molecule has 0 saturated carbocycles. The van der Waals surface area contributed by atoms with E-state index in [0.29, 0.717) is 11.5 Å². The van der Waals surface area contributed by atoms with E-state index in [4.69, 9.17) is 4.74 Å². The number of aryl methyl sites for hydroxylation is 1. The third-order valence-corrected chi connectivity index (χ3v) is 4.37. The molecule has 3 rings (SSSR count). The van der Waals surface area contributed by atoms with Crippen molar-refractivity contribution >= 4 is 17.7 Å². The number of esters is 1. The molecule has 9 heteroatoms. The summed E-state index contributed by atoms with van der Waals surface area (Å²) in [5.41, 5.74) is 1.20. The van der Waals surface area contributed by atoms with Gasteiger partial charge in [0.15, 0.2) is 0 Å². The van der Waals surface area contributed by atoms with Gasteiger partial charge in [-0.15, -0.1) is 0 Å². The van der Waals surface area contributed by atoms with E-state index >= 15 is 0 Å². The second-order valence-electron chi connectivity index (χ2n) is 7.38. The van der Waals surface area contributed by atoms with Gasteiger partial charge in [-0.3, -0.25) is 14.5 Å². The highest BCUT2D eigenvalue weighted by Gasteiger charge is 2.39. The van der Waals surface area contributed by atoms with Crippen LogP contribution in [0.1, 0.15) is 67.5 Å². The predicted octanol–water partition coefficient (Wildman–Crippen LogP) is 1.38. The molecule has 26 heavy (non-hydrogen) atoms. The molecule has 0 fully saturated rings. The number of carbonyl (C=O) groups is 2. The van der Waals surface area contributed by atoms with Gasteiger partial charge in [0.2, 0.25) is 5.91 Å². The van der Waals surface area contributed by atoms with Crippen molar-refractivity contribution in [2.24, 2.45) is 7.05 Å². The third kappa shape index (κ3) is 2.93. The molecule has 0 spiro atoms. The lowest BCUT2D eigenvalue weighted by molar-refractivity contribution is -0.116. The van der Waals surface area contributed by atoms with Crippen LogP contribution in [0.4, 0.5) is 5.82 Å². The Hall–Kier alpha value is -2.84. The molecule has 1 aliphatic rings. The van der Waals surface area contributed by atoms with Crippen molar-refractivity contribution in [3.8, 4) is 0 Å². The van der Waals surface area contributed by atoms with Gasteiger partial charge < -0.3 is 15.0 Å². The molecule has 3 heterocycles. The molecule has 0 saturated heterocycles. The van der Waals surface area contributed by atoms with Crippen LogP contribution in [0.2, 0.25) is 0 Å². The minimum Gasteiger partial charge on any atom is -0.461 e. The monoisotopic (exact) mass is 361 g/mol. The molecule has 0 radical (unpaired) electrons. The van der Waals surface area contributed by atoms with Crippen molar-refractivity contribution in [1.29, 1.82) is 0 Å². The van der Waals surface area contributed by atoms with E-state index in [2.05, 4.69) is 20.4 Å². The maximum atomic E-state index is 12.3. The minimum atomic E-state index is -0.630. The Bertz CT molecular complexity index is 928. The zero-order chi connectivity index (χ0) is 19.2. The van der Waals surface area contributed by atoms with Gasteiger partial charge in [-0.2, -0.15) is 5.10 Å². The maximum Gasteiger partial charge on any atom is 0.356 e. The molecule has 9 nitrogen and oxygen atoms in total. The number of ether oxygens (including phenoxy) is 1. The molecule has 0 aliphatic carbocycles. The molecule has 3 N–H and O–H groups in total. The summed E-state index contributed by atoms with van der Waals surface area (Å²) in [7, 11) is 1.75. The predicted molar refractivity (Wildman–Crippen MR) is 94.4 cm³/mol. The second kappa shape index (κ2) is 6.15. The number of fused-ring (bicyclic) bond motifs is 1. The fourth-order valence-corrected chi connectivity index (χ4v) is 3.31. The lowest BCUT2D eigenvalue weighted by Gasteiger charge is -2.26. The number of hydrogen-bond donors (Lipinski definition) is 3. The van der Waals surface area contributed by atoms with E-state index in [1.165, 1.54) is 0 Å². The van der Waals surface area contributed by atoms with Crippen LogP contribution < -0.4 is 11.0 Å². The number of imidazole rings is 1. The van der Waals surface area contributed by atoms with Crippen molar-refractivity contribution in [3.05, 3.63) is 33.1 Å². The Balaban J connectivity index is 2.22. The van der Waals surface area contributed by atoms with Gasteiger partial charge >= 0.3 is 11.7 Å². The van der Waals surface area contributed by atoms with Crippen LogP contribution in [-0.2, 0) is 22.0 Å². The summed E-state index contributed by atoms with van der Waals surface area (Å²) in [6, 6.07) is 0. The average molecular weight is 361 g/mol. The lowest BCUT2D eigenvalue weighted by atomic mass is 9.81. The molecule has 1 unspecified atom stereocenters. The maximum absolute atomic E-state index is 12.3. The van der Waals surface area contributed by atoms with Crippen LogP contribution >= 0.6 is 0 Å². The van der Waals surface area contributed by atoms with Crippen molar-refractivity contribution in [2.45, 2.75) is 45.4 Å². The number of rotatable bonds is 3. The molecule has 1 amide bonds. The summed E-state index contributed by atoms with van der Waals surface area (Å²) in [6.07, 6.45) is 0.0992. The van der Waals surface area contributed by atoms with Crippen molar-refractivity contribution < 1.29 is 14.3 Å². The number of amides is 1. The summed E-state index contributed by atoms with van der Waals surface area (Å²) in [6.45, 7) is 7.94. The molecule has 1 aliphatic heterocycles. The SMILES string of the molecule is CCOC(=O)c1[nH]c(=O)[nH]c1C1CC(=O)Nc2c1c(C(C)(C)C)nn2C. The molecule has 140 valence electrons. The average Bonchev–Trinajstić information content (AvgIpc) is 3.08. The van der Waals surface area contributed by atoms with Gasteiger partial charge in [-0.05, 0) is 6.92 Å². The van der Waals surface area contributed by atoms with Crippen molar-refractivity contribution in [2.75, 3.05) is 11.9 Å². The molecular formula is C17H23N5O4. The Morgan fingerprint density at radius 2 is 2.00 bits per heavy atom. The number of anilines is 1. The third-order valence-electron chi connectivity index (χ3n) is 4.37. The van der Waals surface area contributed by atoms with Gasteiger partial charge in [0.25, 0.3) is 0 Å². The Labute approximate surface area is 150 Å². The van der Waals surface area contributed by atoms with Gasteiger partial charge in [0.05, 0.1) is 18.0 Å². The van der Waals surface area contributed by atoms with Crippen molar-refractivity contribution in [3.63, 3.8) is 0 Å². The standard InChI is InChI=1S/C17H23N5O4/c1-6-26-15(24)12-11(19-16(25)20-12)8-7-9(23)18-14-10(8)13(17(2,3)4)21-22(14)5/h8H,6-7H2,1-5H3,(H,18,23)(H2,19,20,25). The molecule has 1 atom stereocenters. The van der Waals surface area contributed by atoms with Crippen LogP contribution in [0.15, 0.2) is 4.79 Å². The van der Waals surface area contributed by atoms with Crippen LogP contribution in [0.3, 0.4) is 0 Å². The van der Waals surface area contributed by atoms with Crippen LogP contribution in [0.25, 0.3) is 0 Å². The first-order valence-corrected chi connectivity index (χ1v) is 8.50. The first-order valence-electron chi connectivity index (χ1n) is 8.50. The van der Waals surface area contributed by atoms with Crippen LogP contribution in [0.5, 0.6) is 0 Å². The quantitative estimate of drug-likeness (QED) is 0.713. The highest BCUT2D eigenvalue weighted by atomic mass is 16.5. The summed E-state index contributed by atoms with van der Waals surface area (Å²) in [5.74, 6) is -0.759. The normalized spacial score (nSPS) is 17.0. The number of hydrogen-bond acceptors (Lipinski definition) is 5. The molecule has 0 aromatic carbocycles. The van der Waals surface area contributed by atoms with E-state index in [0.717, 1.165) is 11.3 Å². The van der Waals surface area contributed by atoms with E-state index in [1.54, 1.807) is 18.7 Å². The van der Waals surface area contributed by atoms with Gasteiger partial charge in [0.1, 0.15) is 11.5 Å². The van der Waals surface area contributed by atoms with Gasteiger partial charge in [-0.1, -0.05) is 20.8 Å². The Kier molecular flexibility index (Phi) is 4.25. The summed E-state index contributed by atoms with van der Waals surface area (Å²) >= 11 is 0. The number of nitrogens with zero attached hydrogens (tertiary/aromatic N) is 2. The van der Waals surface area contributed by atoms with E-state index in [-0.39, 0.29) is 30.0 Å². The Morgan fingerprint density at radius 3 is 2.62 bits per heavy atom. The van der Waals surface area contributed by atoms with Gasteiger partial charge in [0, 0.05) is 30.4 Å². The number of H-pyrrole nitrogens is 2. The molecule has 0 bridgehead atoms. The fraction of sp³-hybridized carbons (Fsp3) is 0.529. The number of aromatic nitrogens is 4. The minimum absolute atomic E-state index is 0.0474. The number of nitrogens with one attached hydrogen (secondary N) is 3. The summed E-state index contributed by atoms with van der Waals surface area (Å²) in [5, 5.41) is 7.42. The summed E-state index contributed by atoms with van der Waals surface area (Å²) < 4.78 is 6.66. The van der Waals surface area contributed by atoms with E-state index < -0.39 is 17.6 Å². The number of carbonyl (C=O) groups excluding carboxylic acids is 2. The first-order chi connectivity index (χ1) is 12.1. The highest BCUT2D eigenvalue weighted by molar-refractivity contribution is 5.96. The zero-order valence-corrected chi connectivity index (χ0v) is 15.5. The molecule has 2 aromatic rings. The molecule has 2 aromatic heterocycles. The van der Waals surface area contributed by atoms with Crippen molar-refractivity contribution in [1.82, 2.24) is 19.7 Å². The topological polar surface area (TPSA) is 122 Å². The summed E-state index contributed by atoms with van der Waals surface area (Å²) in [4.78, 5) is 41.6. The highest BCUT2D eigenvalue weighted by Crippen LogP contribution is 2.42. The zero-order valence-electron chi connectivity index (χ0n) is 15.5. The smallest absolute Gasteiger partial charge is 0.356 e. The fourth-order valence-electron chi connectivity index (χ4n) is 3.31. The lowest BCUT2D eigenvalue weighted by Crippen LogP contribution is -2.27. The number of aromatic amines is 2. The van der Waals surface area contributed by atoms with E-state index in [9.17, 15) is 14.4 Å². The largest absolute Gasteiger partial charge is 0.461 e. The Morgan fingerprint density at radius 1 is 1.31 bits per heavy atom. The van der Waals surface area contributed by atoms with Crippen LogP contribution in [-0.4, -0.2) is 38.2 Å². The first kappa shape index (κ1) is 18.0. The van der Waals surface area contributed by atoms with E-state index in [1.807, 2.05) is 20.8 Å². The second-order valence-corrected chi connectivity index (χ2v) is 7.38.